The predicted molar refractivity (Wildman–Crippen MR) is 91.2 cm³/mol. The fraction of sp³-hybridized carbons (Fsp3) is 0.125. The molecule has 0 aliphatic heterocycles. The van der Waals surface area contributed by atoms with Crippen molar-refractivity contribution in [2.24, 2.45) is 0 Å². The molecule has 7 heteroatoms. The van der Waals surface area contributed by atoms with Crippen molar-refractivity contribution >= 4 is 44.7 Å². The van der Waals surface area contributed by atoms with E-state index >= 15 is 0 Å². The highest BCUT2D eigenvalue weighted by Gasteiger charge is 2.19. The number of halogens is 2. The minimum absolute atomic E-state index is 0.0543. The van der Waals surface area contributed by atoms with Gasteiger partial charge in [0.1, 0.15) is 10.8 Å². The molecule has 2 aromatic carbocycles. The van der Waals surface area contributed by atoms with Gasteiger partial charge in [0.05, 0.1) is 28.0 Å². The number of amides is 1. The van der Waals surface area contributed by atoms with Crippen LogP contribution in [0, 0.1) is 5.82 Å². The molecule has 0 spiro atoms. The third-order valence-corrected chi connectivity index (χ3v) is 4.62. The number of nitrogens with zero attached hydrogens (tertiary/aromatic N) is 2. The van der Waals surface area contributed by atoms with E-state index in [1.807, 2.05) is 24.3 Å². The molecule has 118 valence electrons. The minimum atomic E-state index is -0.700. The number of carbonyl (C=O) groups is 1. The molecule has 2 N–H and O–H groups in total. The predicted octanol–water partition coefficient (Wildman–Crippen LogP) is 3.94. The summed E-state index contributed by atoms with van der Waals surface area (Å²) in [4.78, 5) is 18.4. The van der Waals surface area contributed by atoms with Gasteiger partial charge < -0.3 is 10.6 Å². The molecule has 1 aromatic heterocycles. The Morgan fingerprint density at radius 3 is 2.87 bits per heavy atom. The molecule has 0 fully saturated rings. The van der Waals surface area contributed by atoms with E-state index < -0.39 is 11.7 Å². The van der Waals surface area contributed by atoms with E-state index in [-0.39, 0.29) is 16.3 Å². The van der Waals surface area contributed by atoms with Gasteiger partial charge in [-0.1, -0.05) is 23.7 Å². The highest BCUT2D eigenvalue weighted by molar-refractivity contribution is 7.18. The summed E-state index contributed by atoms with van der Waals surface area (Å²) >= 11 is 7.32. The number of hydrogen-bond donors (Lipinski definition) is 1. The molecule has 0 saturated heterocycles. The van der Waals surface area contributed by atoms with E-state index in [2.05, 4.69) is 4.98 Å². The van der Waals surface area contributed by atoms with Crippen LogP contribution < -0.4 is 5.73 Å². The largest absolute Gasteiger partial charge is 0.396 e. The first-order valence-electron chi connectivity index (χ1n) is 6.80. The summed E-state index contributed by atoms with van der Waals surface area (Å²) in [5.74, 6) is -1.10. The Morgan fingerprint density at radius 1 is 1.39 bits per heavy atom. The Hall–Kier alpha value is -2.18. The van der Waals surface area contributed by atoms with Crippen LogP contribution >= 0.6 is 22.9 Å². The number of thiazole rings is 1. The van der Waals surface area contributed by atoms with Crippen molar-refractivity contribution < 1.29 is 9.18 Å². The number of nitrogens with two attached hydrogens (primary N) is 1. The fourth-order valence-corrected chi connectivity index (χ4v) is 3.46. The summed E-state index contributed by atoms with van der Waals surface area (Å²) in [5.41, 5.74) is 6.40. The molecule has 3 rings (SSSR count). The van der Waals surface area contributed by atoms with E-state index in [0.29, 0.717) is 6.54 Å². The highest BCUT2D eigenvalue weighted by atomic mass is 35.5. The summed E-state index contributed by atoms with van der Waals surface area (Å²) in [5, 5.41) is 0.927. The lowest BCUT2D eigenvalue weighted by molar-refractivity contribution is 0.0785. The first-order valence-corrected chi connectivity index (χ1v) is 7.99. The minimum Gasteiger partial charge on any atom is -0.396 e. The summed E-state index contributed by atoms with van der Waals surface area (Å²) in [6, 6.07) is 10.2. The van der Waals surface area contributed by atoms with Crippen LogP contribution in [0.3, 0.4) is 0 Å². The molecular formula is C16H13ClFN3OS. The highest BCUT2D eigenvalue weighted by Crippen LogP contribution is 2.25. The monoisotopic (exact) mass is 349 g/mol. The van der Waals surface area contributed by atoms with Gasteiger partial charge in [-0.15, -0.1) is 11.3 Å². The normalized spacial score (nSPS) is 10.9. The van der Waals surface area contributed by atoms with Crippen molar-refractivity contribution in [3.8, 4) is 0 Å². The van der Waals surface area contributed by atoms with E-state index in [4.69, 9.17) is 17.3 Å². The van der Waals surface area contributed by atoms with Crippen molar-refractivity contribution in [3.05, 3.63) is 57.8 Å². The Kier molecular flexibility index (Phi) is 4.19. The number of benzene rings is 2. The maximum atomic E-state index is 13.6. The van der Waals surface area contributed by atoms with Crippen molar-refractivity contribution in [1.82, 2.24) is 9.88 Å². The Morgan fingerprint density at radius 2 is 2.13 bits per heavy atom. The third-order valence-electron chi connectivity index (χ3n) is 3.38. The maximum Gasteiger partial charge on any atom is 0.256 e. The van der Waals surface area contributed by atoms with Gasteiger partial charge in [0, 0.05) is 12.1 Å². The number of nitrogen functional groups attached to an aromatic ring is 1. The zero-order valence-corrected chi connectivity index (χ0v) is 13.8. The molecule has 23 heavy (non-hydrogen) atoms. The lowest BCUT2D eigenvalue weighted by atomic mass is 10.1. The van der Waals surface area contributed by atoms with Crippen LogP contribution in [0.2, 0.25) is 5.02 Å². The van der Waals surface area contributed by atoms with Crippen LogP contribution in [0.15, 0.2) is 36.4 Å². The molecule has 0 bridgehead atoms. The number of fused-ring (bicyclic) bond motifs is 1. The second-order valence-corrected chi connectivity index (χ2v) is 6.64. The summed E-state index contributed by atoms with van der Waals surface area (Å²) in [6.07, 6.45) is 0. The van der Waals surface area contributed by atoms with Gasteiger partial charge in [-0.05, 0) is 24.3 Å². The first kappa shape index (κ1) is 15.7. The third kappa shape index (κ3) is 3.13. The van der Waals surface area contributed by atoms with Crippen LogP contribution in [0.5, 0.6) is 0 Å². The summed E-state index contributed by atoms with van der Waals surface area (Å²) in [7, 11) is 1.62. The molecule has 0 atom stereocenters. The molecule has 3 aromatic rings. The molecule has 1 heterocycles. The van der Waals surface area contributed by atoms with Gasteiger partial charge >= 0.3 is 0 Å². The van der Waals surface area contributed by atoms with E-state index in [1.165, 1.54) is 22.3 Å². The van der Waals surface area contributed by atoms with Crippen molar-refractivity contribution in [1.29, 1.82) is 0 Å². The van der Waals surface area contributed by atoms with Gasteiger partial charge in [-0.2, -0.15) is 0 Å². The van der Waals surface area contributed by atoms with Gasteiger partial charge in [0.15, 0.2) is 0 Å². The zero-order chi connectivity index (χ0) is 16.6. The van der Waals surface area contributed by atoms with E-state index in [9.17, 15) is 9.18 Å². The van der Waals surface area contributed by atoms with Crippen LogP contribution in [0.4, 0.5) is 10.1 Å². The van der Waals surface area contributed by atoms with Crippen LogP contribution in [0.25, 0.3) is 10.2 Å². The molecule has 1 amide bonds. The Labute approximate surface area is 141 Å². The van der Waals surface area contributed by atoms with Crippen LogP contribution in [-0.4, -0.2) is 22.8 Å². The number of hydrogen-bond acceptors (Lipinski definition) is 4. The fourth-order valence-electron chi connectivity index (χ4n) is 2.23. The SMILES string of the molecule is CN(Cc1nc2ccccc2s1)C(=O)c1cc(Cl)cc(F)c1N. The molecule has 0 aliphatic rings. The second kappa shape index (κ2) is 6.14. The first-order chi connectivity index (χ1) is 11.0. The molecule has 0 radical (unpaired) electrons. The quantitative estimate of drug-likeness (QED) is 0.728. The van der Waals surface area contributed by atoms with Gasteiger partial charge in [0.2, 0.25) is 0 Å². The van der Waals surface area contributed by atoms with Gasteiger partial charge in [0.25, 0.3) is 5.91 Å². The topological polar surface area (TPSA) is 59.2 Å². The molecule has 0 unspecified atom stereocenters. The summed E-state index contributed by atoms with van der Waals surface area (Å²) in [6.45, 7) is 0.311. The average Bonchev–Trinajstić information content (AvgIpc) is 2.92. The van der Waals surface area contributed by atoms with Crippen LogP contribution in [0.1, 0.15) is 15.4 Å². The summed E-state index contributed by atoms with van der Waals surface area (Å²) < 4.78 is 14.7. The lowest BCUT2D eigenvalue weighted by Crippen LogP contribution is -2.27. The molecule has 0 saturated carbocycles. The second-order valence-electron chi connectivity index (χ2n) is 5.09. The van der Waals surface area contributed by atoms with Crippen LogP contribution in [-0.2, 0) is 6.54 Å². The Balaban J connectivity index is 1.85. The number of anilines is 1. The van der Waals surface area contributed by atoms with Crippen molar-refractivity contribution in [3.63, 3.8) is 0 Å². The van der Waals surface area contributed by atoms with Gasteiger partial charge in [-0.25, -0.2) is 9.37 Å². The number of carbonyl (C=O) groups excluding carboxylic acids is 1. The van der Waals surface area contributed by atoms with Crippen molar-refractivity contribution in [2.75, 3.05) is 12.8 Å². The number of rotatable bonds is 3. The number of aromatic nitrogens is 1. The van der Waals surface area contributed by atoms with Crippen molar-refractivity contribution in [2.45, 2.75) is 6.54 Å². The average molecular weight is 350 g/mol. The number of para-hydroxylation sites is 1. The molecular weight excluding hydrogens is 337 g/mol. The zero-order valence-electron chi connectivity index (χ0n) is 12.2. The smallest absolute Gasteiger partial charge is 0.256 e. The standard InChI is InChI=1S/C16H13ClFN3OS/c1-21(8-14-20-12-4-2-3-5-13(12)23-14)16(22)10-6-9(17)7-11(18)15(10)19/h2-7H,8,19H2,1H3. The van der Waals surface area contributed by atoms with E-state index in [1.54, 1.807) is 7.05 Å². The lowest BCUT2D eigenvalue weighted by Gasteiger charge is -2.17. The Bertz CT molecular complexity index is 863. The molecule has 0 aliphatic carbocycles. The van der Waals surface area contributed by atoms with E-state index in [0.717, 1.165) is 21.3 Å². The molecule has 4 nitrogen and oxygen atoms in total. The van der Waals surface area contributed by atoms with Gasteiger partial charge in [-0.3, -0.25) is 4.79 Å². The maximum absolute atomic E-state index is 13.6.